The highest BCUT2D eigenvalue weighted by atomic mass is 35.5. The minimum Gasteiger partial charge on any atom is -0.492 e. The Kier molecular flexibility index (Phi) is 6.62. The van der Waals surface area contributed by atoms with Gasteiger partial charge in [0, 0.05) is 12.1 Å². The number of carbonyl (C=O) groups is 1. The highest BCUT2D eigenvalue weighted by Crippen LogP contribution is 2.33. The molecule has 0 aromatic heterocycles. The van der Waals surface area contributed by atoms with E-state index in [2.05, 4.69) is 0 Å². The third-order valence-corrected chi connectivity index (χ3v) is 7.97. The maximum Gasteiger partial charge on any atom is 0.326 e. The first-order valence-electron chi connectivity index (χ1n) is 10.8. The van der Waals surface area contributed by atoms with Gasteiger partial charge in [0.2, 0.25) is 0 Å². The molecule has 2 aromatic carbocycles. The van der Waals surface area contributed by atoms with Gasteiger partial charge in [-0.1, -0.05) is 42.6 Å². The summed E-state index contributed by atoms with van der Waals surface area (Å²) in [6, 6.07) is 8.93. The zero-order valence-electron chi connectivity index (χ0n) is 17.8. The van der Waals surface area contributed by atoms with Crippen molar-refractivity contribution in [2.45, 2.75) is 51.5 Å². The third kappa shape index (κ3) is 4.71. The minimum absolute atomic E-state index is 0.0589. The number of fused-ring (bicyclic) bond motifs is 1. The third-order valence-electron chi connectivity index (χ3n) is 6.16. The van der Waals surface area contributed by atoms with Gasteiger partial charge in [0.25, 0.3) is 5.91 Å². The van der Waals surface area contributed by atoms with Crippen molar-refractivity contribution in [2.75, 3.05) is 10.9 Å². The van der Waals surface area contributed by atoms with Crippen LogP contribution in [-0.2, 0) is 16.6 Å². The summed E-state index contributed by atoms with van der Waals surface area (Å²) in [5.74, 6) is -1.41. The van der Waals surface area contributed by atoms with E-state index >= 15 is 0 Å². The summed E-state index contributed by atoms with van der Waals surface area (Å²) >= 11 is 6.21. The second kappa shape index (κ2) is 9.27. The SMILES string of the molecule is CC1CCc2ccccc2N1S(=O)(=O)NC(=O)c1cc(Cl)c(OCC2CCCC2)cc1F. The lowest BCUT2D eigenvalue weighted by Crippen LogP contribution is -2.49. The molecule has 6 nitrogen and oxygen atoms in total. The van der Waals surface area contributed by atoms with E-state index in [1.165, 1.54) is 4.31 Å². The molecule has 1 amide bonds. The minimum atomic E-state index is -4.26. The van der Waals surface area contributed by atoms with E-state index in [1.54, 1.807) is 19.1 Å². The molecule has 1 saturated carbocycles. The molecule has 0 saturated heterocycles. The Balaban J connectivity index is 1.52. The summed E-state index contributed by atoms with van der Waals surface area (Å²) in [5.41, 5.74) is 0.937. The average Bonchev–Trinajstić information content (AvgIpc) is 3.27. The Morgan fingerprint density at radius 3 is 2.69 bits per heavy atom. The van der Waals surface area contributed by atoms with Crippen LogP contribution in [0.1, 0.15) is 54.9 Å². The normalized spacial score (nSPS) is 19.0. The van der Waals surface area contributed by atoms with Crippen molar-refractivity contribution in [3.63, 3.8) is 0 Å². The van der Waals surface area contributed by atoms with E-state index in [9.17, 15) is 17.6 Å². The number of benzene rings is 2. The van der Waals surface area contributed by atoms with Crippen molar-refractivity contribution >= 4 is 33.4 Å². The molecule has 1 unspecified atom stereocenters. The van der Waals surface area contributed by atoms with Crippen LogP contribution in [0.2, 0.25) is 5.02 Å². The van der Waals surface area contributed by atoms with Crippen LogP contribution in [-0.4, -0.2) is 27.0 Å². The van der Waals surface area contributed by atoms with Crippen molar-refractivity contribution < 1.29 is 22.3 Å². The zero-order valence-corrected chi connectivity index (χ0v) is 19.4. The first-order chi connectivity index (χ1) is 15.3. The maximum absolute atomic E-state index is 14.7. The second-order valence-electron chi connectivity index (χ2n) is 8.47. The summed E-state index contributed by atoms with van der Waals surface area (Å²) in [6.45, 7) is 2.21. The number of carbonyl (C=O) groups excluding carboxylic acids is 1. The molecule has 1 heterocycles. The average molecular weight is 481 g/mol. The van der Waals surface area contributed by atoms with Crippen LogP contribution in [0.15, 0.2) is 36.4 Å². The fraction of sp³-hybridized carbons (Fsp3) is 0.435. The Morgan fingerprint density at radius 2 is 1.94 bits per heavy atom. The molecule has 1 fully saturated rings. The number of nitrogens with zero attached hydrogens (tertiary/aromatic N) is 1. The van der Waals surface area contributed by atoms with Crippen molar-refractivity contribution in [3.8, 4) is 5.75 Å². The van der Waals surface area contributed by atoms with Crippen LogP contribution in [0.4, 0.5) is 10.1 Å². The van der Waals surface area contributed by atoms with Gasteiger partial charge in [-0.15, -0.1) is 0 Å². The largest absolute Gasteiger partial charge is 0.492 e. The number of hydrogen-bond donors (Lipinski definition) is 1. The quantitative estimate of drug-likeness (QED) is 0.640. The number of ether oxygens (including phenoxy) is 1. The Labute approximate surface area is 192 Å². The van der Waals surface area contributed by atoms with Crippen LogP contribution in [0.3, 0.4) is 0 Å². The predicted molar refractivity (Wildman–Crippen MR) is 122 cm³/mol. The summed E-state index contributed by atoms with van der Waals surface area (Å²) in [7, 11) is -4.26. The monoisotopic (exact) mass is 480 g/mol. The topological polar surface area (TPSA) is 75.7 Å². The number of aryl methyl sites for hydroxylation is 1. The van der Waals surface area contributed by atoms with E-state index in [1.807, 2.05) is 16.9 Å². The van der Waals surface area contributed by atoms with E-state index in [0.29, 0.717) is 24.6 Å². The lowest BCUT2D eigenvalue weighted by Gasteiger charge is -2.35. The Morgan fingerprint density at radius 1 is 1.22 bits per heavy atom. The van der Waals surface area contributed by atoms with Crippen molar-refractivity contribution in [3.05, 3.63) is 58.4 Å². The summed E-state index contributed by atoms with van der Waals surface area (Å²) in [6.07, 6.45) is 5.80. The molecule has 1 atom stereocenters. The molecule has 1 aliphatic heterocycles. The first-order valence-corrected chi connectivity index (χ1v) is 12.6. The number of halogens is 2. The summed E-state index contributed by atoms with van der Waals surface area (Å²) in [4.78, 5) is 12.7. The maximum atomic E-state index is 14.7. The molecule has 2 aliphatic rings. The van der Waals surface area contributed by atoms with E-state index < -0.39 is 27.5 Å². The number of rotatable bonds is 6. The van der Waals surface area contributed by atoms with Gasteiger partial charge in [0.1, 0.15) is 11.6 Å². The Bertz CT molecular complexity index is 1120. The molecule has 1 aliphatic carbocycles. The van der Waals surface area contributed by atoms with E-state index in [4.69, 9.17) is 16.3 Å². The lowest BCUT2D eigenvalue weighted by atomic mass is 9.99. The highest BCUT2D eigenvalue weighted by Gasteiger charge is 2.34. The number of hydrogen-bond acceptors (Lipinski definition) is 4. The first kappa shape index (κ1) is 22.9. The predicted octanol–water partition coefficient (Wildman–Crippen LogP) is 4.86. The van der Waals surface area contributed by atoms with Crippen LogP contribution in [0.25, 0.3) is 0 Å². The van der Waals surface area contributed by atoms with Gasteiger partial charge in [-0.3, -0.25) is 9.10 Å². The number of para-hydroxylation sites is 1. The van der Waals surface area contributed by atoms with Crippen molar-refractivity contribution in [1.82, 2.24) is 4.72 Å². The van der Waals surface area contributed by atoms with Crippen molar-refractivity contribution in [2.24, 2.45) is 5.92 Å². The molecule has 2 aromatic rings. The fourth-order valence-corrected chi connectivity index (χ4v) is 6.12. The number of anilines is 1. The van der Waals surface area contributed by atoms with Gasteiger partial charge in [0.05, 0.1) is 22.9 Å². The molecule has 172 valence electrons. The van der Waals surface area contributed by atoms with Crippen molar-refractivity contribution in [1.29, 1.82) is 0 Å². The molecule has 1 N–H and O–H groups in total. The molecule has 0 radical (unpaired) electrons. The molecule has 32 heavy (non-hydrogen) atoms. The molecule has 4 rings (SSSR count). The van der Waals surface area contributed by atoms with Gasteiger partial charge in [-0.2, -0.15) is 8.42 Å². The van der Waals surface area contributed by atoms with Gasteiger partial charge in [-0.05, 0) is 56.2 Å². The van der Waals surface area contributed by atoms with Gasteiger partial charge >= 0.3 is 10.2 Å². The molecule has 9 heteroatoms. The van der Waals surface area contributed by atoms with E-state index in [0.717, 1.165) is 49.8 Å². The highest BCUT2D eigenvalue weighted by molar-refractivity contribution is 7.91. The van der Waals surface area contributed by atoms with Crippen LogP contribution in [0.5, 0.6) is 5.75 Å². The molecular weight excluding hydrogens is 455 g/mol. The molecule has 0 bridgehead atoms. The molecular formula is C23H26ClFN2O4S. The van der Waals surface area contributed by atoms with Crippen LogP contribution in [0, 0.1) is 11.7 Å². The van der Waals surface area contributed by atoms with Crippen LogP contribution >= 0.6 is 11.6 Å². The summed E-state index contributed by atoms with van der Waals surface area (Å²) in [5, 5.41) is 0.0589. The number of nitrogens with one attached hydrogen (secondary N) is 1. The lowest BCUT2D eigenvalue weighted by molar-refractivity contribution is 0.0977. The van der Waals surface area contributed by atoms with Crippen LogP contribution < -0.4 is 13.8 Å². The standard InChI is InChI=1S/C23H26ClFN2O4S/c1-15-10-11-17-8-4-5-9-21(17)27(15)32(29,30)26-23(28)18-12-19(24)22(13-20(18)25)31-14-16-6-2-3-7-16/h4-5,8-9,12-13,15-16H,2-3,6-7,10-11,14H2,1H3,(H,26,28). The molecule has 0 spiro atoms. The smallest absolute Gasteiger partial charge is 0.326 e. The zero-order chi connectivity index (χ0) is 22.9. The van der Waals surface area contributed by atoms with Gasteiger partial charge in [0.15, 0.2) is 0 Å². The second-order valence-corrected chi connectivity index (χ2v) is 10.4. The van der Waals surface area contributed by atoms with Gasteiger partial charge in [-0.25, -0.2) is 9.11 Å². The van der Waals surface area contributed by atoms with Gasteiger partial charge < -0.3 is 4.74 Å². The van der Waals surface area contributed by atoms with E-state index in [-0.39, 0.29) is 16.8 Å². The Hall–Kier alpha value is -2.32. The summed E-state index contributed by atoms with van der Waals surface area (Å²) < 4.78 is 49.7. The fourth-order valence-electron chi connectivity index (χ4n) is 4.44. The number of amides is 1.